The van der Waals surface area contributed by atoms with E-state index in [4.69, 9.17) is 5.73 Å². The fraction of sp³-hybridized carbons (Fsp3) is 0.529. The number of pyridine rings is 1. The lowest BCUT2D eigenvalue weighted by Crippen LogP contribution is -2.43. The molecule has 0 aliphatic carbocycles. The molecule has 2 aliphatic rings. The zero-order valence-electron chi connectivity index (χ0n) is 14.9. The van der Waals surface area contributed by atoms with Crippen LogP contribution in [-0.4, -0.2) is 65.4 Å². The van der Waals surface area contributed by atoms with E-state index in [0.717, 1.165) is 0 Å². The summed E-state index contributed by atoms with van der Waals surface area (Å²) in [5, 5.41) is 0. The van der Waals surface area contributed by atoms with E-state index in [0.29, 0.717) is 19.4 Å². The molecule has 3 heterocycles. The molecule has 146 valence electrons. The van der Waals surface area contributed by atoms with Gasteiger partial charge in [-0.1, -0.05) is 6.92 Å². The lowest BCUT2D eigenvalue weighted by Gasteiger charge is -2.24. The van der Waals surface area contributed by atoms with Gasteiger partial charge in [0.15, 0.2) is 5.78 Å². The van der Waals surface area contributed by atoms with E-state index in [2.05, 4.69) is 4.98 Å². The topological polar surface area (TPSA) is 131 Å². The van der Waals surface area contributed by atoms with E-state index in [1.807, 2.05) is 0 Å². The van der Waals surface area contributed by atoms with Crippen LogP contribution in [0.5, 0.6) is 0 Å². The molecule has 0 aromatic carbocycles. The predicted molar refractivity (Wildman–Crippen MR) is 94.6 cm³/mol. The predicted octanol–water partition coefficient (Wildman–Crippen LogP) is -0.474. The van der Waals surface area contributed by atoms with Crippen molar-refractivity contribution in [3.05, 3.63) is 24.5 Å². The second-order valence-electron chi connectivity index (χ2n) is 6.94. The maximum absolute atomic E-state index is 12.9. The minimum atomic E-state index is -3.86. The first kappa shape index (κ1) is 19.4. The van der Waals surface area contributed by atoms with Crippen molar-refractivity contribution >= 4 is 27.6 Å². The van der Waals surface area contributed by atoms with Gasteiger partial charge in [-0.15, -0.1) is 0 Å². The molecule has 2 amide bonds. The fourth-order valence-electron chi connectivity index (χ4n) is 3.63. The summed E-state index contributed by atoms with van der Waals surface area (Å²) in [6.07, 6.45) is 3.51. The van der Waals surface area contributed by atoms with Crippen molar-refractivity contribution in [2.75, 3.05) is 13.1 Å². The van der Waals surface area contributed by atoms with Gasteiger partial charge >= 0.3 is 0 Å². The molecule has 3 unspecified atom stereocenters. The van der Waals surface area contributed by atoms with Crippen LogP contribution in [0.1, 0.15) is 26.2 Å². The van der Waals surface area contributed by atoms with Crippen molar-refractivity contribution in [1.82, 2.24) is 14.2 Å². The van der Waals surface area contributed by atoms with Crippen LogP contribution in [0.4, 0.5) is 0 Å². The minimum absolute atomic E-state index is 0.0264. The Balaban J connectivity index is 1.75. The number of aromatic nitrogens is 1. The number of likely N-dealkylation sites (tertiary alicyclic amines) is 1. The van der Waals surface area contributed by atoms with E-state index < -0.39 is 33.9 Å². The Kier molecular flexibility index (Phi) is 5.29. The molecule has 0 spiro atoms. The third kappa shape index (κ3) is 3.59. The van der Waals surface area contributed by atoms with Crippen LogP contribution in [0.3, 0.4) is 0 Å². The van der Waals surface area contributed by atoms with E-state index in [-0.39, 0.29) is 29.6 Å². The number of nitrogens with two attached hydrogens (primary N) is 1. The van der Waals surface area contributed by atoms with Crippen LogP contribution >= 0.6 is 0 Å². The number of amides is 2. The first-order valence-corrected chi connectivity index (χ1v) is 10.2. The van der Waals surface area contributed by atoms with Gasteiger partial charge in [-0.2, -0.15) is 4.31 Å². The average Bonchev–Trinajstić information content (AvgIpc) is 3.21. The lowest BCUT2D eigenvalue weighted by molar-refractivity contribution is -0.136. The SMILES string of the molecule is CC(CCC(=O)N1CCC2C1C(=O)CN2S(=O)(=O)c1cccnc1)C(N)=O. The van der Waals surface area contributed by atoms with Crippen LogP contribution in [0.2, 0.25) is 0 Å². The quantitative estimate of drug-likeness (QED) is 0.694. The van der Waals surface area contributed by atoms with E-state index in [1.165, 1.54) is 33.7 Å². The molecule has 0 bridgehead atoms. The van der Waals surface area contributed by atoms with Crippen LogP contribution < -0.4 is 5.73 Å². The highest BCUT2D eigenvalue weighted by Gasteiger charge is 2.53. The molecule has 1 aromatic rings. The molecular formula is C17H22N4O5S. The van der Waals surface area contributed by atoms with E-state index in [1.54, 1.807) is 6.92 Å². The summed E-state index contributed by atoms with van der Waals surface area (Å²) < 4.78 is 26.9. The molecule has 0 saturated carbocycles. The number of ketones is 1. The number of primary amides is 1. The van der Waals surface area contributed by atoms with Gasteiger partial charge in [0.05, 0.1) is 12.6 Å². The number of Topliss-reactive ketones (excluding diaryl/α,β-unsaturated/α-hetero) is 1. The van der Waals surface area contributed by atoms with E-state index in [9.17, 15) is 22.8 Å². The minimum Gasteiger partial charge on any atom is -0.369 e. The number of rotatable bonds is 6. The first-order valence-electron chi connectivity index (χ1n) is 8.77. The summed E-state index contributed by atoms with van der Waals surface area (Å²) in [4.78, 5) is 41.5. The zero-order valence-corrected chi connectivity index (χ0v) is 15.8. The molecule has 10 heteroatoms. The van der Waals surface area contributed by atoms with E-state index >= 15 is 0 Å². The smallest absolute Gasteiger partial charge is 0.245 e. The molecule has 2 aliphatic heterocycles. The highest BCUT2D eigenvalue weighted by molar-refractivity contribution is 7.89. The van der Waals surface area contributed by atoms with Gasteiger partial charge in [-0.25, -0.2) is 8.42 Å². The Morgan fingerprint density at radius 3 is 2.78 bits per heavy atom. The van der Waals surface area contributed by atoms with Crippen LogP contribution in [0.25, 0.3) is 0 Å². The monoisotopic (exact) mass is 394 g/mol. The molecule has 0 radical (unpaired) electrons. The Morgan fingerprint density at radius 1 is 1.41 bits per heavy atom. The molecule has 2 N–H and O–H groups in total. The Bertz CT molecular complexity index is 857. The molecule has 27 heavy (non-hydrogen) atoms. The highest BCUT2D eigenvalue weighted by Crippen LogP contribution is 2.34. The van der Waals surface area contributed by atoms with Gasteiger partial charge in [0.25, 0.3) is 0 Å². The molecule has 2 fully saturated rings. The summed E-state index contributed by atoms with van der Waals surface area (Å²) in [7, 11) is -3.86. The standard InChI is InChI=1S/C17H22N4O5S/c1-11(17(18)24)4-5-15(23)20-8-6-13-16(20)14(22)10-21(13)27(25,26)12-3-2-7-19-9-12/h2-3,7,9,11,13,16H,4-6,8,10H2,1H3,(H2,18,24). The third-order valence-corrected chi connectivity index (χ3v) is 7.07. The van der Waals surface area contributed by atoms with Gasteiger partial charge in [0, 0.05) is 31.3 Å². The van der Waals surface area contributed by atoms with Crippen LogP contribution in [0.15, 0.2) is 29.4 Å². The highest BCUT2D eigenvalue weighted by atomic mass is 32.2. The first-order chi connectivity index (χ1) is 12.7. The molecule has 1 aromatic heterocycles. The number of sulfonamides is 1. The number of hydrogen-bond donors (Lipinski definition) is 1. The maximum Gasteiger partial charge on any atom is 0.245 e. The largest absolute Gasteiger partial charge is 0.369 e. The van der Waals surface area contributed by atoms with Gasteiger partial charge < -0.3 is 10.6 Å². The zero-order chi connectivity index (χ0) is 19.8. The molecular weight excluding hydrogens is 372 g/mol. The number of fused-ring (bicyclic) bond motifs is 1. The van der Waals surface area contributed by atoms with Crippen LogP contribution in [-0.2, 0) is 24.4 Å². The fourth-order valence-corrected chi connectivity index (χ4v) is 5.22. The molecule has 2 saturated heterocycles. The third-order valence-electron chi connectivity index (χ3n) is 5.22. The number of nitrogens with zero attached hydrogens (tertiary/aromatic N) is 3. The molecule has 3 atom stereocenters. The number of carbonyl (C=O) groups is 3. The van der Waals surface area contributed by atoms with Crippen molar-refractivity contribution in [2.24, 2.45) is 11.7 Å². The van der Waals surface area contributed by atoms with Crippen molar-refractivity contribution in [2.45, 2.75) is 43.2 Å². The summed E-state index contributed by atoms with van der Waals surface area (Å²) >= 11 is 0. The Labute approximate surface area is 157 Å². The maximum atomic E-state index is 12.9. The summed E-state index contributed by atoms with van der Waals surface area (Å²) in [5.41, 5.74) is 5.21. The normalized spacial score (nSPS) is 24.0. The van der Waals surface area contributed by atoms with Gasteiger partial charge in [-0.3, -0.25) is 19.4 Å². The average molecular weight is 394 g/mol. The summed E-state index contributed by atoms with van der Waals surface area (Å²) in [6.45, 7) is 1.70. The van der Waals surface area contributed by atoms with Crippen molar-refractivity contribution < 1.29 is 22.8 Å². The molecule has 3 rings (SSSR count). The van der Waals surface area contributed by atoms with Gasteiger partial charge in [0.2, 0.25) is 21.8 Å². The van der Waals surface area contributed by atoms with Crippen LogP contribution in [0, 0.1) is 5.92 Å². The molecule has 9 nitrogen and oxygen atoms in total. The van der Waals surface area contributed by atoms with Crippen molar-refractivity contribution in [3.8, 4) is 0 Å². The second-order valence-corrected chi connectivity index (χ2v) is 8.83. The number of hydrogen-bond acceptors (Lipinski definition) is 6. The Hall–Kier alpha value is -2.33. The second kappa shape index (κ2) is 7.35. The Morgan fingerprint density at radius 2 is 2.15 bits per heavy atom. The lowest BCUT2D eigenvalue weighted by atomic mass is 10.0. The summed E-state index contributed by atoms with van der Waals surface area (Å²) in [6, 6.07) is 1.61. The van der Waals surface area contributed by atoms with Crippen molar-refractivity contribution in [3.63, 3.8) is 0 Å². The summed E-state index contributed by atoms with van der Waals surface area (Å²) in [5.74, 6) is -1.47. The number of carbonyl (C=O) groups excluding carboxylic acids is 3. The van der Waals surface area contributed by atoms with Gasteiger partial charge in [0.1, 0.15) is 10.9 Å². The van der Waals surface area contributed by atoms with Crippen molar-refractivity contribution in [1.29, 1.82) is 0 Å². The van der Waals surface area contributed by atoms with Gasteiger partial charge in [-0.05, 0) is 25.0 Å².